The van der Waals surface area contributed by atoms with Crippen molar-refractivity contribution in [3.05, 3.63) is 88.1 Å². The number of amides is 1. The van der Waals surface area contributed by atoms with Crippen molar-refractivity contribution in [2.24, 2.45) is 5.73 Å². The van der Waals surface area contributed by atoms with Crippen LogP contribution in [-0.4, -0.2) is 43.0 Å². The smallest absolute Gasteiger partial charge is 0.300 e. The summed E-state index contributed by atoms with van der Waals surface area (Å²) in [4.78, 5) is 48.3. The maximum absolute atomic E-state index is 13.2. The molecule has 0 fully saturated rings. The Morgan fingerprint density at radius 3 is 2.54 bits per heavy atom. The van der Waals surface area contributed by atoms with Gasteiger partial charge in [0, 0.05) is 55.3 Å². The van der Waals surface area contributed by atoms with Gasteiger partial charge in [-0.15, -0.1) is 0 Å². The first kappa shape index (κ1) is 25.8. The van der Waals surface area contributed by atoms with E-state index in [0.717, 1.165) is 52.4 Å². The predicted molar refractivity (Wildman–Crippen MR) is 150 cm³/mol. The summed E-state index contributed by atoms with van der Waals surface area (Å²) in [5.74, 6) is -0.839. The largest absolute Gasteiger partial charge is 0.481 e. The number of fused-ring (bicyclic) bond motifs is 3. The lowest BCUT2D eigenvalue weighted by Gasteiger charge is -2.15. The molecule has 10 nitrogen and oxygen atoms in total. The van der Waals surface area contributed by atoms with E-state index in [2.05, 4.69) is 14.5 Å². The molecular weight excluding hydrogens is 496 g/mol. The molecule has 0 atom stereocenters. The minimum Gasteiger partial charge on any atom is -0.481 e. The van der Waals surface area contributed by atoms with Crippen molar-refractivity contribution >= 4 is 39.5 Å². The molecule has 0 saturated heterocycles. The van der Waals surface area contributed by atoms with Gasteiger partial charge in [-0.1, -0.05) is 24.3 Å². The molecule has 6 rings (SSSR count). The summed E-state index contributed by atoms with van der Waals surface area (Å²) in [5.41, 5.74) is 12.6. The van der Waals surface area contributed by atoms with Gasteiger partial charge in [-0.3, -0.25) is 19.4 Å². The van der Waals surface area contributed by atoms with E-state index in [1.54, 1.807) is 11.8 Å². The number of benzene rings is 2. The monoisotopic (exact) mass is 524 g/mol. The fourth-order valence-corrected chi connectivity index (χ4v) is 4.95. The van der Waals surface area contributed by atoms with Crippen LogP contribution in [-0.2, 0) is 29.1 Å². The molecule has 1 amide bonds. The lowest BCUT2D eigenvalue weighted by molar-refractivity contribution is -0.134. The normalized spacial score (nSPS) is 12.3. The number of aliphatic carboxylic acids is 1. The first-order chi connectivity index (χ1) is 18.7. The molecule has 0 aliphatic carbocycles. The molecule has 10 heteroatoms. The molecule has 4 N–H and O–H groups in total. The number of carbonyl (C=O) groups is 2. The average molecular weight is 525 g/mol. The van der Waals surface area contributed by atoms with Gasteiger partial charge in [0.2, 0.25) is 5.91 Å². The highest BCUT2D eigenvalue weighted by Gasteiger charge is 2.24. The van der Waals surface area contributed by atoms with Gasteiger partial charge in [0.25, 0.3) is 11.5 Å². The third kappa shape index (κ3) is 5.14. The average Bonchev–Trinajstić information content (AvgIpc) is 3.48. The number of hydrogen-bond donors (Lipinski definition) is 3. The topological polar surface area (TPSA) is 147 Å². The van der Waals surface area contributed by atoms with Crippen molar-refractivity contribution in [2.75, 3.05) is 11.4 Å². The predicted octanol–water partition coefficient (Wildman–Crippen LogP) is 3.45. The van der Waals surface area contributed by atoms with E-state index in [1.807, 2.05) is 60.8 Å². The molecule has 39 heavy (non-hydrogen) atoms. The van der Waals surface area contributed by atoms with E-state index in [-0.39, 0.29) is 11.5 Å². The highest BCUT2D eigenvalue weighted by atomic mass is 16.4. The first-order valence-electron chi connectivity index (χ1n) is 12.5. The number of pyridine rings is 1. The minimum absolute atomic E-state index is 0.00525. The van der Waals surface area contributed by atoms with Crippen molar-refractivity contribution in [3.8, 4) is 11.3 Å². The second-order valence-corrected chi connectivity index (χ2v) is 9.36. The van der Waals surface area contributed by atoms with Crippen LogP contribution in [0, 0.1) is 0 Å². The summed E-state index contributed by atoms with van der Waals surface area (Å²) in [7, 11) is 0. The third-order valence-electron chi connectivity index (χ3n) is 6.62. The fourth-order valence-electron chi connectivity index (χ4n) is 4.95. The van der Waals surface area contributed by atoms with Crippen LogP contribution < -0.4 is 16.2 Å². The highest BCUT2D eigenvalue weighted by molar-refractivity contribution is 5.98. The molecule has 3 aromatic heterocycles. The quantitative estimate of drug-likeness (QED) is 0.326. The van der Waals surface area contributed by atoms with Crippen LogP contribution in [0.1, 0.15) is 30.8 Å². The molecule has 1 aliphatic rings. The Kier molecular flexibility index (Phi) is 6.95. The number of para-hydroxylation sites is 1. The molecular formula is C29H28N6O4. The number of nitrogens with two attached hydrogens (primary N) is 1. The number of H-pyrrole nitrogens is 1. The van der Waals surface area contributed by atoms with Gasteiger partial charge in [-0.2, -0.15) is 0 Å². The number of carboxylic acids is 1. The molecule has 0 unspecified atom stereocenters. The minimum atomic E-state index is -0.833. The van der Waals surface area contributed by atoms with Crippen molar-refractivity contribution in [3.63, 3.8) is 0 Å². The van der Waals surface area contributed by atoms with E-state index in [9.17, 15) is 9.59 Å². The van der Waals surface area contributed by atoms with Crippen molar-refractivity contribution in [1.29, 1.82) is 0 Å². The van der Waals surface area contributed by atoms with E-state index in [4.69, 9.17) is 20.6 Å². The summed E-state index contributed by atoms with van der Waals surface area (Å²) in [5, 5.41) is 8.36. The SMILES string of the molecule is CC(=O)N1CCc2cc3nc(-c4cn(Cc5cccc(CN)n5)c5ccccc45)c(=O)[nH]c3cc21.CC(=O)O. The Morgan fingerprint density at radius 2 is 1.79 bits per heavy atom. The van der Waals surface area contributed by atoms with Gasteiger partial charge in [-0.25, -0.2) is 4.98 Å². The van der Waals surface area contributed by atoms with Crippen LogP contribution >= 0.6 is 0 Å². The maximum Gasteiger partial charge on any atom is 0.300 e. The molecule has 0 bridgehead atoms. The number of carboxylic acid groups (broad SMARTS) is 1. The van der Waals surface area contributed by atoms with Crippen molar-refractivity contribution in [2.45, 2.75) is 33.4 Å². The van der Waals surface area contributed by atoms with E-state index in [0.29, 0.717) is 36.4 Å². The molecule has 0 radical (unpaired) electrons. The van der Waals surface area contributed by atoms with Gasteiger partial charge in [0.15, 0.2) is 0 Å². The number of hydrogen-bond acceptors (Lipinski definition) is 6. The third-order valence-corrected chi connectivity index (χ3v) is 6.62. The van der Waals surface area contributed by atoms with Crippen molar-refractivity contribution < 1.29 is 14.7 Å². The maximum atomic E-state index is 13.2. The number of anilines is 1. The molecule has 0 spiro atoms. The van der Waals surface area contributed by atoms with Gasteiger partial charge in [-0.05, 0) is 42.3 Å². The zero-order valence-electron chi connectivity index (χ0n) is 21.6. The lowest BCUT2D eigenvalue weighted by Crippen LogP contribution is -2.25. The van der Waals surface area contributed by atoms with Crippen LogP contribution in [0.4, 0.5) is 5.69 Å². The molecule has 198 valence electrons. The number of carbonyl (C=O) groups excluding carboxylic acids is 1. The van der Waals surface area contributed by atoms with Crippen LogP contribution in [0.15, 0.2) is 65.6 Å². The Morgan fingerprint density at radius 1 is 1.05 bits per heavy atom. The number of rotatable bonds is 4. The molecule has 5 aromatic rings. The number of aromatic amines is 1. The van der Waals surface area contributed by atoms with Gasteiger partial charge < -0.3 is 25.3 Å². The van der Waals surface area contributed by atoms with Crippen molar-refractivity contribution in [1.82, 2.24) is 19.5 Å². The summed E-state index contributed by atoms with van der Waals surface area (Å²) < 4.78 is 2.09. The highest BCUT2D eigenvalue weighted by Crippen LogP contribution is 2.33. The standard InChI is InChI=1S/C27H24N6O2.C2H4O2/c1-16(34)33-10-9-17-11-22-23(12-25(17)33)31-27(35)26(30-22)21-15-32(24-8-3-2-7-20(21)24)14-19-6-4-5-18(13-28)29-19;1-2(3)4/h2-8,11-12,15H,9-10,13-14,28H2,1H3,(H,31,35);1H3,(H,3,4). The second kappa shape index (κ2) is 10.5. The summed E-state index contributed by atoms with van der Waals surface area (Å²) in [6.07, 6.45) is 2.74. The lowest BCUT2D eigenvalue weighted by atomic mass is 10.1. The van der Waals surface area contributed by atoms with Crippen LogP contribution in [0.5, 0.6) is 0 Å². The van der Waals surface area contributed by atoms with Crippen LogP contribution in [0.25, 0.3) is 33.2 Å². The molecule has 0 saturated carbocycles. The molecule has 4 heterocycles. The number of aromatic nitrogens is 4. The fraction of sp³-hybridized carbons (Fsp3) is 0.207. The Balaban J connectivity index is 0.000000723. The zero-order chi connectivity index (χ0) is 27.7. The molecule has 1 aliphatic heterocycles. The van der Waals surface area contributed by atoms with Gasteiger partial charge >= 0.3 is 0 Å². The summed E-state index contributed by atoms with van der Waals surface area (Å²) in [6, 6.07) is 17.7. The Hall–Kier alpha value is -4.83. The van der Waals surface area contributed by atoms with E-state index < -0.39 is 5.97 Å². The van der Waals surface area contributed by atoms with Gasteiger partial charge in [0.05, 0.1) is 29.0 Å². The second-order valence-electron chi connectivity index (χ2n) is 9.36. The number of nitrogens with one attached hydrogen (secondary N) is 1. The van der Waals surface area contributed by atoms with Crippen LogP contribution in [0.3, 0.4) is 0 Å². The zero-order valence-corrected chi connectivity index (χ0v) is 21.6. The first-order valence-corrected chi connectivity index (χ1v) is 12.5. The van der Waals surface area contributed by atoms with E-state index >= 15 is 0 Å². The molecule has 2 aromatic carbocycles. The van der Waals surface area contributed by atoms with Gasteiger partial charge in [0.1, 0.15) is 5.69 Å². The summed E-state index contributed by atoms with van der Waals surface area (Å²) >= 11 is 0. The Bertz CT molecular complexity index is 1780. The van der Waals surface area contributed by atoms with Crippen LogP contribution in [0.2, 0.25) is 0 Å². The number of nitrogens with zero attached hydrogens (tertiary/aromatic N) is 4. The summed E-state index contributed by atoms with van der Waals surface area (Å²) in [6.45, 7) is 4.22. The van der Waals surface area contributed by atoms with E-state index in [1.165, 1.54) is 0 Å². The Labute approximate surface area is 223 Å².